The average molecular weight is 338 g/mol. The van der Waals surface area contributed by atoms with Crippen LogP contribution in [0.4, 0.5) is 0 Å². The lowest BCUT2D eigenvalue weighted by Gasteiger charge is -2.19. The number of aliphatic hydroxyl groups is 3. The minimum atomic E-state index is -1.37. The molecule has 3 N–H and O–H groups in total. The van der Waals surface area contributed by atoms with Gasteiger partial charge in [-0.1, -0.05) is 38.1 Å². The Balaban J connectivity index is 1.97. The third-order valence-corrected chi connectivity index (χ3v) is 4.21. The van der Waals surface area contributed by atoms with E-state index in [9.17, 15) is 15.0 Å². The van der Waals surface area contributed by atoms with Crippen LogP contribution in [0.5, 0.6) is 0 Å². The monoisotopic (exact) mass is 338 g/mol. The minimum absolute atomic E-state index is 0.459. The van der Waals surface area contributed by atoms with Gasteiger partial charge >= 0.3 is 5.97 Å². The molecule has 6 nitrogen and oxygen atoms in total. The highest BCUT2D eigenvalue weighted by Crippen LogP contribution is 2.25. The van der Waals surface area contributed by atoms with Gasteiger partial charge in [0, 0.05) is 0 Å². The minimum Gasteiger partial charge on any atom is -0.432 e. The van der Waals surface area contributed by atoms with Gasteiger partial charge in [0.25, 0.3) is 0 Å². The molecular weight excluding hydrogens is 312 g/mol. The smallest absolute Gasteiger partial charge is 0.315 e. The molecule has 0 bridgehead atoms. The first-order valence-corrected chi connectivity index (χ1v) is 8.25. The molecule has 134 valence electrons. The van der Waals surface area contributed by atoms with E-state index in [1.54, 1.807) is 6.92 Å². The van der Waals surface area contributed by atoms with Crippen molar-refractivity contribution >= 4 is 5.97 Å². The van der Waals surface area contributed by atoms with Crippen molar-refractivity contribution in [1.29, 1.82) is 0 Å². The van der Waals surface area contributed by atoms with Gasteiger partial charge in [0.1, 0.15) is 18.3 Å². The molecule has 2 rings (SSSR count). The Morgan fingerprint density at radius 2 is 1.79 bits per heavy atom. The van der Waals surface area contributed by atoms with Crippen molar-refractivity contribution in [3.05, 3.63) is 35.4 Å². The summed E-state index contributed by atoms with van der Waals surface area (Å²) < 4.78 is 10.3. The first kappa shape index (κ1) is 18.9. The maximum Gasteiger partial charge on any atom is 0.315 e. The van der Waals surface area contributed by atoms with Crippen LogP contribution in [0.1, 0.15) is 37.8 Å². The van der Waals surface area contributed by atoms with Crippen LogP contribution in [0.2, 0.25) is 0 Å². The Kier molecular flexibility index (Phi) is 6.34. The van der Waals surface area contributed by atoms with Gasteiger partial charge in [0.2, 0.25) is 6.29 Å². The van der Waals surface area contributed by atoms with E-state index < -0.39 is 43.1 Å². The van der Waals surface area contributed by atoms with Crippen molar-refractivity contribution < 1.29 is 29.6 Å². The van der Waals surface area contributed by atoms with E-state index in [0.717, 1.165) is 12.0 Å². The van der Waals surface area contributed by atoms with Crippen LogP contribution in [0, 0.1) is 5.92 Å². The molecule has 5 atom stereocenters. The van der Waals surface area contributed by atoms with Gasteiger partial charge in [0.15, 0.2) is 0 Å². The van der Waals surface area contributed by atoms with Crippen LogP contribution in [-0.4, -0.2) is 52.5 Å². The van der Waals surface area contributed by atoms with E-state index >= 15 is 0 Å². The highest BCUT2D eigenvalue weighted by Gasteiger charge is 2.45. The Morgan fingerprint density at radius 3 is 2.29 bits per heavy atom. The summed E-state index contributed by atoms with van der Waals surface area (Å²) in [7, 11) is 0. The average Bonchev–Trinajstić information content (AvgIpc) is 2.82. The van der Waals surface area contributed by atoms with Crippen LogP contribution in [0.15, 0.2) is 24.3 Å². The van der Waals surface area contributed by atoms with Crippen molar-refractivity contribution in [3.8, 4) is 0 Å². The summed E-state index contributed by atoms with van der Waals surface area (Å²) >= 11 is 0. The van der Waals surface area contributed by atoms with Gasteiger partial charge in [-0.3, -0.25) is 4.79 Å². The summed E-state index contributed by atoms with van der Waals surface area (Å²) in [6.45, 7) is 5.55. The van der Waals surface area contributed by atoms with Crippen LogP contribution in [-0.2, 0) is 20.7 Å². The third kappa shape index (κ3) is 4.33. The van der Waals surface area contributed by atoms with Crippen LogP contribution in [0.25, 0.3) is 0 Å². The van der Waals surface area contributed by atoms with Crippen molar-refractivity contribution in [3.63, 3.8) is 0 Å². The molecule has 6 heteroatoms. The topological polar surface area (TPSA) is 96.2 Å². The van der Waals surface area contributed by atoms with Crippen LogP contribution in [0.3, 0.4) is 0 Å². The summed E-state index contributed by atoms with van der Waals surface area (Å²) in [6.07, 6.45) is -3.90. The lowest BCUT2D eigenvalue weighted by molar-refractivity contribution is -0.191. The summed E-state index contributed by atoms with van der Waals surface area (Å²) in [5, 5.41) is 28.5. The maximum absolute atomic E-state index is 12.3. The number of carbonyl (C=O) groups excluding carboxylic acids is 1. The van der Waals surface area contributed by atoms with E-state index in [2.05, 4.69) is 13.8 Å². The molecule has 1 aromatic rings. The van der Waals surface area contributed by atoms with E-state index in [0.29, 0.717) is 5.92 Å². The number of esters is 1. The molecular formula is C18H26O6. The molecule has 1 aliphatic heterocycles. The Labute approximate surface area is 142 Å². The van der Waals surface area contributed by atoms with Gasteiger partial charge < -0.3 is 24.8 Å². The number of hydrogen-bond acceptors (Lipinski definition) is 6. The summed E-state index contributed by atoms with van der Waals surface area (Å²) in [5.41, 5.74) is 2.01. The van der Waals surface area contributed by atoms with E-state index in [1.807, 2.05) is 24.3 Å². The second-order valence-corrected chi connectivity index (χ2v) is 6.70. The number of rotatable bonds is 6. The Bertz CT molecular complexity index is 541. The lowest BCUT2D eigenvalue weighted by atomic mass is 9.97. The molecule has 0 saturated carbocycles. The molecule has 0 aliphatic carbocycles. The molecule has 1 heterocycles. The zero-order valence-corrected chi connectivity index (χ0v) is 14.3. The molecule has 0 spiro atoms. The SMILES string of the molecule is CC(C)Cc1ccc(C(C)C(=O)OC2O[C@H](CO)[C@@H](O)[C@H]2O)cc1. The molecule has 1 saturated heterocycles. The molecule has 0 amide bonds. The van der Waals surface area contributed by atoms with Crippen LogP contribution < -0.4 is 0 Å². The second kappa shape index (κ2) is 8.07. The second-order valence-electron chi connectivity index (χ2n) is 6.70. The highest BCUT2D eigenvalue weighted by molar-refractivity contribution is 5.77. The zero-order chi connectivity index (χ0) is 17.9. The maximum atomic E-state index is 12.3. The standard InChI is InChI=1S/C18H26O6/c1-10(2)8-12-4-6-13(7-5-12)11(3)17(22)24-18-16(21)15(20)14(9-19)23-18/h4-7,10-11,14-16,18-21H,8-9H2,1-3H3/t11?,14-,15-,16-,18?/m1/s1. The quantitative estimate of drug-likeness (QED) is 0.669. The van der Waals surface area contributed by atoms with Crippen molar-refractivity contribution in [1.82, 2.24) is 0 Å². The number of benzene rings is 1. The van der Waals surface area contributed by atoms with E-state index in [-0.39, 0.29) is 0 Å². The molecule has 2 unspecified atom stereocenters. The van der Waals surface area contributed by atoms with E-state index in [4.69, 9.17) is 14.6 Å². The first-order valence-electron chi connectivity index (χ1n) is 8.25. The number of hydrogen-bond donors (Lipinski definition) is 3. The van der Waals surface area contributed by atoms with Gasteiger partial charge in [-0.15, -0.1) is 0 Å². The van der Waals surface area contributed by atoms with Gasteiger partial charge in [0.05, 0.1) is 12.5 Å². The summed E-state index contributed by atoms with van der Waals surface area (Å²) in [5.74, 6) is -0.522. The largest absolute Gasteiger partial charge is 0.432 e. The summed E-state index contributed by atoms with van der Waals surface area (Å²) in [4.78, 5) is 12.3. The van der Waals surface area contributed by atoms with Gasteiger partial charge in [-0.25, -0.2) is 0 Å². The molecule has 1 aromatic carbocycles. The zero-order valence-electron chi connectivity index (χ0n) is 14.3. The fourth-order valence-corrected chi connectivity index (χ4v) is 2.73. The molecule has 24 heavy (non-hydrogen) atoms. The lowest BCUT2D eigenvalue weighted by Crippen LogP contribution is -2.35. The predicted molar refractivity (Wildman–Crippen MR) is 87.3 cm³/mol. The normalized spacial score (nSPS) is 28.1. The van der Waals surface area contributed by atoms with Crippen LogP contribution >= 0.6 is 0 Å². The third-order valence-electron chi connectivity index (χ3n) is 4.21. The fraction of sp³-hybridized carbons (Fsp3) is 0.611. The Morgan fingerprint density at radius 1 is 1.17 bits per heavy atom. The van der Waals surface area contributed by atoms with Crippen molar-refractivity contribution in [2.45, 2.75) is 57.7 Å². The Hall–Kier alpha value is -1.47. The van der Waals surface area contributed by atoms with Gasteiger partial charge in [-0.2, -0.15) is 0 Å². The van der Waals surface area contributed by atoms with Crippen molar-refractivity contribution in [2.24, 2.45) is 5.92 Å². The first-order chi connectivity index (χ1) is 11.3. The number of ether oxygens (including phenoxy) is 2. The molecule has 0 radical (unpaired) electrons. The summed E-state index contributed by atoms with van der Waals surface area (Å²) in [6, 6.07) is 7.76. The number of aliphatic hydroxyl groups excluding tert-OH is 3. The van der Waals surface area contributed by atoms with Gasteiger partial charge in [-0.05, 0) is 30.4 Å². The molecule has 0 aromatic heterocycles. The molecule has 1 fully saturated rings. The fourth-order valence-electron chi connectivity index (χ4n) is 2.73. The number of carbonyl (C=O) groups is 1. The predicted octanol–water partition coefficient (Wildman–Crippen LogP) is 0.971. The van der Waals surface area contributed by atoms with Crippen molar-refractivity contribution in [2.75, 3.05) is 6.61 Å². The van der Waals surface area contributed by atoms with E-state index in [1.165, 1.54) is 5.56 Å². The highest BCUT2D eigenvalue weighted by atomic mass is 16.7. The molecule has 1 aliphatic rings.